The number of rotatable bonds is 9. The molecule has 216 valence electrons. The van der Waals surface area contributed by atoms with Gasteiger partial charge in [0.1, 0.15) is 23.1 Å². The van der Waals surface area contributed by atoms with Crippen molar-refractivity contribution < 1.29 is 33.0 Å². The van der Waals surface area contributed by atoms with Gasteiger partial charge in [-0.05, 0) is 51.2 Å². The quantitative estimate of drug-likeness (QED) is 0.362. The Morgan fingerprint density at radius 2 is 1.95 bits per heavy atom. The van der Waals surface area contributed by atoms with Gasteiger partial charge in [0, 0.05) is 25.3 Å². The molecule has 2 heterocycles. The monoisotopic (exact) mass is 561 g/mol. The number of ether oxygens (including phenoxy) is 1. The van der Waals surface area contributed by atoms with Crippen LogP contribution in [0.25, 0.3) is 10.9 Å². The molecular weight excluding hydrogens is 528 g/mol. The summed E-state index contributed by atoms with van der Waals surface area (Å²) in [5.74, 6) is -3.79. The summed E-state index contributed by atoms with van der Waals surface area (Å²) in [6, 6.07) is -0.742. The molecule has 1 saturated carbocycles. The predicted octanol–water partition coefficient (Wildman–Crippen LogP) is 1.97. The maximum atomic E-state index is 15.6. The zero-order valence-corrected chi connectivity index (χ0v) is 22.6. The Kier molecular flexibility index (Phi) is 8.43. The van der Waals surface area contributed by atoms with Crippen molar-refractivity contribution >= 4 is 34.4 Å². The van der Waals surface area contributed by atoms with Gasteiger partial charge in [0.15, 0.2) is 11.6 Å². The number of nitrogens with one attached hydrogen (secondary N) is 2. The van der Waals surface area contributed by atoms with Crippen molar-refractivity contribution in [1.82, 2.24) is 15.2 Å². The number of carbonyl (C=O) groups excluding carboxylic acids is 2. The number of piperidine rings is 1. The number of benzene rings is 1. The third kappa shape index (κ3) is 5.79. The van der Waals surface area contributed by atoms with Crippen LogP contribution in [0.3, 0.4) is 0 Å². The highest BCUT2D eigenvalue weighted by Gasteiger charge is 2.32. The van der Waals surface area contributed by atoms with Crippen LogP contribution in [-0.2, 0) is 9.59 Å². The van der Waals surface area contributed by atoms with Crippen LogP contribution >= 0.6 is 0 Å². The Balaban J connectivity index is 1.63. The fraction of sp³-hybridized carbons (Fsp3) is 0.481. The van der Waals surface area contributed by atoms with E-state index in [0.29, 0.717) is 30.5 Å². The van der Waals surface area contributed by atoms with Crippen molar-refractivity contribution in [2.24, 2.45) is 5.73 Å². The summed E-state index contributed by atoms with van der Waals surface area (Å²) in [5.41, 5.74) is 4.93. The molecule has 2 aromatic rings. The van der Waals surface area contributed by atoms with E-state index in [9.17, 15) is 24.3 Å². The van der Waals surface area contributed by atoms with Crippen LogP contribution in [0.1, 0.15) is 55.9 Å². The van der Waals surface area contributed by atoms with E-state index in [1.54, 1.807) is 9.47 Å². The molecule has 0 spiro atoms. The number of aromatic carboxylic acids is 1. The Bertz CT molecular complexity index is 1450. The van der Waals surface area contributed by atoms with Crippen LogP contribution in [0.5, 0.6) is 5.75 Å². The summed E-state index contributed by atoms with van der Waals surface area (Å²) in [7, 11) is 1.34. The van der Waals surface area contributed by atoms with E-state index in [-0.39, 0.29) is 29.4 Å². The molecule has 0 radical (unpaired) electrons. The largest absolute Gasteiger partial charge is 0.492 e. The van der Waals surface area contributed by atoms with Gasteiger partial charge in [0.05, 0.1) is 30.6 Å². The molecule has 11 nitrogen and oxygen atoms in total. The molecular formula is C27H33F2N5O6. The average molecular weight is 562 g/mol. The van der Waals surface area contributed by atoms with Crippen LogP contribution in [0.15, 0.2) is 28.5 Å². The molecule has 1 saturated heterocycles. The molecule has 0 bridgehead atoms. The van der Waals surface area contributed by atoms with Gasteiger partial charge in [0.2, 0.25) is 17.2 Å². The lowest BCUT2D eigenvalue weighted by Gasteiger charge is -2.33. The smallest absolute Gasteiger partial charge is 0.341 e. The molecule has 1 aromatic carbocycles. The van der Waals surface area contributed by atoms with Gasteiger partial charge in [-0.1, -0.05) is 0 Å². The molecule has 4 rings (SSSR count). The molecule has 2 atom stereocenters. The highest BCUT2D eigenvalue weighted by atomic mass is 19.1. The molecule has 13 heteroatoms. The number of amides is 2. The predicted molar refractivity (Wildman–Crippen MR) is 144 cm³/mol. The van der Waals surface area contributed by atoms with Gasteiger partial charge in [0.25, 0.3) is 0 Å². The molecule has 5 N–H and O–H groups in total. The van der Waals surface area contributed by atoms with E-state index in [4.69, 9.17) is 10.5 Å². The maximum absolute atomic E-state index is 15.6. The lowest BCUT2D eigenvalue weighted by atomic mass is 10.0. The highest BCUT2D eigenvalue weighted by Crippen LogP contribution is 2.44. The Hall–Kier alpha value is -4.00. The Labute approximate surface area is 228 Å². The Morgan fingerprint density at radius 1 is 1.25 bits per heavy atom. The minimum absolute atomic E-state index is 0.0122. The number of hydrogen-bond donors (Lipinski definition) is 4. The lowest BCUT2D eigenvalue weighted by Crippen LogP contribution is -2.49. The van der Waals surface area contributed by atoms with Gasteiger partial charge >= 0.3 is 5.97 Å². The number of nitrogens with zero attached hydrogens (tertiary/aromatic N) is 2. The van der Waals surface area contributed by atoms with Crippen LogP contribution in [0.2, 0.25) is 0 Å². The van der Waals surface area contributed by atoms with Gasteiger partial charge in [-0.15, -0.1) is 0 Å². The topological polar surface area (TPSA) is 156 Å². The number of fused-ring (bicyclic) bond motifs is 1. The van der Waals surface area contributed by atoms with Gasteiger partial charge < -0.3 is 35.7 Å². The molecule has 1 aliphatic heterocycles. The summed E-state index contributed by atoms with van der Waals surface area (Å²) in [5, 5.41) is 14.3. The minimum atomic E-state index is -1.40. The van der Waals surface area contributed by atoms with Gasteiger partial charge in [-0.25, -0.2) is 13.6 Å². The summed E-state index contributed by atoms with van der Waals surface area (Å²) >= 11 is 0. The van der Waals surface area contributed by atoms with Crippen molar-refractivity contribution in [3.8, 4) is 5.75 Å². The maximum Gasteiger partial charge on any atom is 0.341 e. The van der Waals surface area contributed by atoms with Crippen LogP contribution < -0.4 is 31.4 Å². The van der Waals surface area contributed by atoms with Crippen molar-refractivity contribution in [2.75, 3.05) is 31.6 Å². The van der Waals surface area contributed by atoms with E-state index >= 15 is 8.78 Å². The first-order valence-corrected chi connectivity index (χ1v) is 13.1. The first kappa shape index (κ1) is 29.0. The number of halogens is 2. The zero-order valence-electron chi connectivity index (χ0n) is 22.6. The summed E-state index contributed by atoms with van der Waals surface area (Å²) < 4.78 is 38.1. The number of pyridine rings is 1. The number of aromatic nitrogens is 1. The first-order chi connectivity index (χ1) is 18.9. The molecule has 2 amide bonds. The normalized spacial score (nSPS) is 18.2. The van der Waals surface area contributed by atoms with Gasteiger partial charge in [-0.3, -0.25) is 14.4 Å². The first-order valence-electron chi connectivity index (χ1n) is 13.1. The second kappa shape index (κ2) is 11.6. The fourth-order valence-electron chi connectivity index (χ4n) is 4.86. The third-order valence-electron chi connectivity index (χ3n) is 7.14. The number of hydrogen-bond acceptors (Lipinski definition) is 7. The number of carbonyl (C=O) groups is 3. The van der Waals surface area contributed by atoms with Crippen molar-refractivity contribution in [3.63, 3.8) is 0 Å². The second-order valence-electron chi connectivity index (χ2n) is 10.2. The van der Waals surface area contributed by atoms with Crippen LogP contribution in [0, 0.1) is 5.82 Å². The molecule has 1 aliphatic carbocycles. The SMILES string of the molecule is COc1c(N2CCCC(=C(F)CNC(=O)[C@H](C)NC(=O)[C@H](C)N)C2)c(F)cc2c(=O)c(C(=O)O)cn(C3CC3)c12. The van der Waals surface area contributed by atoms with E-state index in [0.717, 1.165) is 18.9 Å². The highest BCUT2D eigenvalue weighted by molar-refractivity contribution is 5.97. The second-order valence-corrected chi connectivity index (χ2v) is 10.2. The molecule has 0 unspecified atom stereocenters. The van der Waals surface area contributed by atoms with E-state index in [1.807, 2.05) is 0 Å². The zero-order chi connectivity index (χ0) is 29.3. The molecule has 2 fully saturated rings. The molecule has 1 aromatic heterocycles. The van der Waals surface area contributed by atoms with Crippen molar-refractivity contribution in [1.29, 1.82) is 0 Å². The van der Waals surface area contributed by atoms with Crippen LogP contribution in [-0.4, -0.2) is 66.3 Å². The minimum Gasteiger partial charge on any atom is -0.492 e. The Morgan fingerprint density at radius 3 is 2.55 bits per heavy atom. The summed E-state index contributed by atoms with van der Waals surface area (Å²) in [4.78, 5) is 50.3. The van der Waals surface area contributed by atoms with Gasteiger partial charge in [-0.2, -0.15) is 0 Å². The molecule has 40 heavy (non-hydrogen) atoms. The standard InChI is InChI=1S/C27H33F2N5O6/c1-13(30)25(36)32-14(2)26(37)31-10-20(29)15-5-4-8-33(11-15)22-19(28)9-17-21(24(22)40-3)34(16-6-7-16)12-18(23(17)35)27(38)39/h9,12-14,16H,4-8,10-11,30H2,1-3H3,(H,31,37)(H,32,36)(H,38,39)/t13-,14-/m0/s1. The summed E-state index contributed by atoms with van der Waals surface area (Å²) in [6.07, 6.45) is 3.70. The number of methoxy groups -OCH3 is 1. The van der Waals surface area contributed by atoms with E-state index in [1.165, 1.54) is 27.2 Å². The molecule has 2 aliphatic rings. The fourth-order valence-corrected chi connectivity index (χ4v) is 4.86. The van der Waals surface area contributed by atoms with Crippen LogP contribution in [0.4, 0.5) is 14.5 Å². The number of carboxylic acids is 1. The third-order valence-corrected chi connectivity index (χ3v) is 7.14. The number of anilines is 1. The summed E-state index contributed by atoms with van der Waals surface area (Å²) in [6.45, 7) is 2.92. The lowest BCUT2D eigenvalue weighted by molar-refractivity contribution is -0.128. The number of nitrogens with two attached hydrogens (primary N) is 1. The van der Waals surface area contributed by atoms with Crippen molar-refractivity contribution in [2.45, 2.75) is 57.7 Å². The van der Waals surface area contributed by atoms with E-state index < -0.39 is 59.0 Å². The van der Waals surface area contributed by atoms with E-state index in [2.05, 4.69) is 10.6 Å². The van der Waals surface area contributed by atoms with Crippen molar-refractivity contribution in [3.05, 3.63) is 45.3 Å². The average Bonchev–Trinajstić information content (AvgIpc) is 3.76. The number of carboxylic acid groups (broad SMARTS) is 1.